The summed E-state index contributed by atoms with van der Waals surface area (Å²) in [5, 5.41) is 36.3. The van der Waals surface area contributed by atoms with Crippen molar-refractivity contribution in [3.05, 3.63) is 10.6 Å². The van der Waals surface area contributed by atoms with Crippen molar-refractivity contribution in [1.82, 2.24) is 31.9 Å². The Morgan fingerprint density at radius 1 is 0.293 bits per heavy atom. The normalized spacial score (nSPS) is 56.2. The SMILES string of the molecule is C1CCC2C3[N-]C(NC4NC(NC5[N-]C(NC6NC(N3)C3CCCCC63)C3CCCCC53)C3CCCCC43)C2C1.[Cu]. The summed E-state index contributed by atoms with van der Waals surface area (Å²) >= 11 is 0. The summed E-state index contributed by atoms with van der Waals surface area (Å²) in [5.41, 5.74) is 0. The Bertz CT molecular complexity index is 716. The number of hydrogen-bond donors (Lipinski definition) is 6. The molecule has 9 fully saturated rings. The summed E-state index contributed by atoms with van der Waals surface area (Å²) in [5.74, 6) is 5.59. The number of hydrogen-bond acceptors (Lipinski definition) is 6. The number of rotatable bonds is 0. The van der Waals surface area contributed by atoms with E-state index in [9.17, 15) is 0 Å². The Balaban J connectivity index is 0.00000256. The van der Waals surface area contributed by atoms with Gasteiger partial charge in [0.1, 0.15) is 0 Å². The first-order chi connectivity index (χ1) is 19.8. The zero-order chi connectivity index (χ0) is 26.2. The molecule has 5 aliphatic heterocycles. The molecule has 0 aromatic heterocycles. The first-order valence-electron chi connectivity index (χ1n) is 17.8. The van der Waals surface area contributed by atoms with Crippen molar-refractivity contribution in [2.75, 3.05) is 0 Å². The predicted molar refractivity (Wildman–Crippen MR) is 158 cm³/mol. The van der Waals surface area contributed by atoms with Gasteiger partial charge in [0.25, 0.3) is 0 Å². The summed E-state index contributed by atoms with van der Waals surface area (Å²) in [6.07, 6.45) is 24.5. The molecule has 6 N–H and O–H groups in total. The molecule has 0 amide bonds. The maximum absolute atomic E-state index is 5.61. The maximum atomic E-state index is 5.61. The van der Waals surface area contributed by atoms with E-state index in [-0.39, 0.29) is 41.7 Å². The van der Waals surface area contributed by atoms with E-state index in [2.05, 4.69) is 31.9 Å². The monoisotopic (exact) mass is 613 g/mol. The van der Waals surface area contributed by atoms with Gasteiger partial charge in [0.2, 0.25) is 0 Å². The fourth-order valence-electron chi connectivity index (χ4n) is 11.7. The van der Waals surface area contributed by atoms with Gasteiger partial charge < -0.3 is 31.9 Å². The zero-order valence-electron chi connectivity index (χ0n) is 24.7. The molecule has 0 aromatic rings. The number of fused-ring (bicyclic) bond motifs is 20. The molecule has 4 saturated carbocycles. The largest absolute Gasteiger partial charge is 0.632 e. The standard InChI is InChI=1S/C32H54N8.Cu/c1-2-10-18-17(9-1)25-33-26(18)38-28-21-13-5-6-14-22(21)30(35-28)40-32-24-16-8-7-15-23(24)31(36-32)39-29-20-12-4-3-11-19(20)27(34-29)37-25;/h17-33,36-40H,1-16H2;/q-2;. The smallest absolute Gasteiger partial charge is 0.0603 e. The third-order valence-corrected chi connectivity index (χ3v) is 13.6. The van der Waals surface area contributed by atoms with Gasteiger partial charge in [0.05, 0.1) is 24.7 Å². The van der Waals surface area contributed by atoms with Crippen molar-refractivity contribution in [2.45, 2.75) is 152 Å². The molecule has 16 unspecified atom stereocenters. The van der Waals surface area contributed by atoms with Gasteiger partial charge in [0.15, 0.2) is 0 Å². The van der Waals surface area contributed by atoms with Crippen molar-refractivity contribution in [2.24, 2.45) is 47.3 Å². The predicted octanol–water partition coefficient (Wildman–Crippen LogP) is 4.17. The number of nitrogens with one attached hydrogen (secondary N) is 6. The topological polar surface area (TPSA) is 100 Å². The first kappa shape index (κ1) is 28.7. The summed E-state index contributed by atoms with van der Waals surface area (Å²) in [6.45, 7) is 0. The fourth-order valence-corrected chi connectivity index (χ4v) is 11.7. The molecule has 9 rings (SSSR count). The third-order valence-electron chi connectivity index (χ3n) is 13.6. The Morgan fingerprint density at radius 3 is 0.756 bits per heavy atom. The van der Waals surface area contributed by atoms with Gasteiger partial charge in [-0.1, -0.05) is 102 Å². The molecule has 0 spiro atoms. The summed E-state index contributed by atoms with van der Waals surface area (Å²) in [6, 6.07) is 0. The van der Waals surface area contributed by atoms with Gasteiger partial charge in [-0.3, -0.25) is 10.6 Å². The Morgan fingerprint density at radius 2 is 0.512 bits per heavy atom. The molecule has 9 heteroatoms. The second kappa shape index (κ2) is 11.8. The van der Waals surface area contributed by atoms with Crippen molar-refractivity contribution in [1.29, 1.82) is 0 Å². The van der Waals surface area contributed by atoms with Crippen LogP contribution in [0.4, 0.5) is 0 Å². The van der Waals surface area contributed by atoms with E-state index in [1.54, 1.807) is 0 Å². The molecule has 0 aromatic carbocycles. The molecule has 8 bridgehead atoms. The van der Waals surface area contributed by atoms with E-state index in [1.807, 2.05) is 0 Å². The molecule has 8 nitrogen and oxygen atoms in total. The molecule has 4 aliphatic carbocycles. The maximum Gasteiger partial charge on any atom is 0.0603 e. The molecule has 5 saturated heterocycles. The molecular weight excluding hydrogens is 560 g/mol. The molecule has 235 valence electrons. The van der Waals surface area contributed by atoms with E-state index in [0.717, 1.165) is 0 Å². The summed E-state index contributed by atoms with van der Waals surface area (Å²) < 4.78 is 0. The first-order valence-corrected chi connectivity index (χ1v) is 17.8. The van der Waals surface area contributed by atoms with Gasteiger partial charge in [0, 0.05) is 17.1 Å². The summed E-state index contributed by atoms with van der Waals surface area (Å²) in [7, 11) is 0. The van der Waals surface area contributed by atoms with Crippen LogP contribution in [-0.2, 0) is 17.1 Å². The van der Waals surface area contributed by atoms with Gasteiger partial charge in [-0.15, -0.1) is 0 Å². The number of nitrogens with zero attached hydrogens (tertiary/aromatic N) is 2. The Labute approximate surface area is 258 Å². The van der Waals surface area contributed by atoms with Crippen LogP contribution in [0, 0.1) is 47.3 Å². The van der Waals surface area contributed by atoms with Crippen LogP contribution in [0.15, 0.2) is 0 Å². The van der Waals surface area contributed by atoms with Gasteiger partial charge in [-0.05, 0) is 73.0 Å². The van der Waals surface area contributed by atoms with Crippen LogP contribution in [0.2, 0.25) is 0 Å². The molecule has 5 heterocycles. The molecular formula is C32H54CuN8-2. The Hall–Kier alpha value is 0.199. The average molecular weight is 614 g/mol. The second-order valence-electron chi connectivity index (χ2n) is 15.4. The van der Waals surface area contributed by atoms with Crippen molar-refractivity contribution < 1.29 is 17.1 Å². The summed E-state index contributed by atoms with van der Waals surface area (Å²) in [4.78, 5) is 0. The molecule has 1 radical (unpaired) electrons. The molecule has 41 heavy (non-hydrogen) atoms. The van der Waals surface area contributed by atoms with Crippen LogP contribution < -0.4 is 31.9 Å². The van der Waals surface area contributed by atoms with E-state index >= 15 is 0 Å². The quantitative estimate of drug-likeness (QED) is 0.229. The minimum absolute atomic E-state index is 0. The third kappa shape index (κ3) is 5.01. The zero-order valence-corrected chi connectivity index (χ0v) is 25.7. The van der Waals surface area contributed by atoms with Crippen LogP contribution >= 0.6 is 0 Å². The minimum Gasteiger partial charge on any atom is -0.632 e. The molecule has 16 atom stereocenters. The van der Waals surface area contributed by atoms with Gasteiger partial charge >= 0.3 is 0 Å². The van der Waals surface area contributed by atoms with Crippen LogP contribution in [0.3, 0.4) is 0 Å². The van der Waals surface area contributed by atoms with Crippen molar-refractivity contribution in [3.63, 3.8) is 0 Å². The van der Waals surface area contributed by atoms with E-state index in [4.69, 9.17) is 10.6 Å². The van der Waals surface area contributed by atoms with Gasteiger partial charge in [-0.2, -0.15) is 0 Å². The van der Waals surface area contributed by atoms with Crippen LogP contribution in [0.25, 0.3) is 10.6 Å². The van der Waals surface area contributed by atoms with Crippen LogP contribution in [0.5, 0.6) is 0 Å². The van der Waals surface area contributed by atoms with Crippen molar-refractivity contribution >= 4 is 0 Å². The van der Waals surface area contributed by atoms with E-state index in [0.29, 0.717) is 72.0 Å². The van der Waals surface area contributed by atoms with Gasteiger partial charge in [-0.25, -0.2) is 0 Å². The average Bonchev–Trinajstić information content (AvgIpc) is 3.73. The second-order valence-corrected chi connectivity index (χ2v) is 15.4. The Kier molecular flexibility index (Phi) is 8.28. The fraction of sp³-hybridized carbons (Fsp3) is 1.00. The molecule has 9 aliphatic rings. The van der Waals surface area contributed by atoms with E-state index < -0.39 is 0 Å². The van der Waals surface area contributed by atoms with Crippen LogP contribution in [0.1, 0.15) is 103 Å². The van der Waals surface area contributed by atoms with E-state index in [1.165, 1.54) is 103 Å². The van der Waals surface area contributed by atoms with Crippen LogP contribution in [-0.4, -0.2) is 49.3 Å². The van der Waals surface area contributed by atoms with Crippen molar-refractivity contribution in [3.8, 4) is 0 Å². The minimum atomic E-state index is 0.